The lowest BCUT2D eigenvalue weighted by Gasteiger charge is -2.09. The number of carbonyl (C=O) groups is 3. The SMILES string of the molecule is O=C(Cc1csc(NC(=O)C2C=CC=NC2=O)n1)Nc1ccccc1. The summed E-state index contributed by atoms with van der Waals surface area (Å²) in [5.41, 5.74) is 1.25. The highest BCUT2D eigenvalue weighted by Crippen LogP contribution is 2.18. The highest BCUT2D eigenvalue weighted by atomic mass is 32.1. The van der Waals surface area contributed by atoms with Gasteiger partial charge in [-0.05, 0) is 18.2 Å². The summed E-state index contributed by atoms with van der Waals surface area (Å²) in [5, 5.41) is 7.37. The molecule has 0 radical (unpaired) electrons. The third-order valence-electron chi connectivity index (χ3n) is 3.32. The minimum atomic E-state index is -0.946. The number of para-hydroxylation sites is 1. The summed E-state index contributed by atoms with van der Waals surface area (Å²) < 4.78 is 0. The van der Waals surface area contributed by atoms with Gasteiger partial charge in [0, 0.05) is 17.3 Å². The molecule has 2 N–H and O–H groups in total. The van der Waals surface area contributed by atoms with Crippen molar-refractivity contribution in [2.75, 3.05) is 10.6 Å². The van der Waals surface area contributed by atoms with Crippen molar-refractivity contribution in [3.63, 3.8) is 0 Å². The van der Waals surface area contributed by atoms with E-state index in [4.69, 9.17) is 0 Å². The number of aliphatic imine (C=N–C) groups is 1. The van der Waals surface area contributed by atoms with Gasteiger partial charge in [0.25, 0.3) is 5.91 Å². The van der Waals surface area contributed by atoms with E-state index >= 15 is 0 Å². The van der Waals surface area contributed by atoms with Crippen molar-refractivity contribution in [3.8, 4) is 0 Å². The van der Waals surface area contributed by atoms with Crippen LogP contribution in [0.15, 0.2) is 52.9 Å². The molecule has 2 heterocycles. The number of dihydropyridines is 1. The predicted octanol–water partition coefficient (Wildman–Crippen LogP) is 2.05. The van der Waals surface area contributed by atoms with Gasteiger partial charge in [0.15, 0.2) is 5.13 Å². The number of nitrogens with zero attached hydrogens (tertiary/aromatic N) is 2. The minimum Gasteiger partial charge on any atom is -0.326 e. The summed E-state index contributed by atoms with van der Waals surface area (Å²) in [5.74, 6) is -2.15. The number of hydrogen-bond acceptors (Lipinski definition) is 5. The number of aromatic nitrogens is 1. The molecule has 1 aromatic heterocycles. The molecule has 0 saturated carbocycles. The predicted molar refractivity (Wildman–Crippen MR) is 95.6 cm³/mol. The van der Waals surface area contributed by atoms with Gasteiger partial charge in [-0.2, -0.15) is 0 Å². The smallest absolute Gasteiger partial charge is 0.262 e. The highest BCUT2D eigenvalue weighted by molar-refractivity contribution is 7.14. The van der Waals surface area contributed by atoms with E-state index in [2.05, 4.69) is 20.6 Å². The topological polar surface area (TPSA) is 101 Å². The Balaban J connectivity index is 1.56. The molecule has 1 atom stereocenters. The van der Waals surface area contributed by atoms with E-state index in [0.29, 0.717) is 16.5 Å². The lowest BCUT2D eigenvalue weighted by Crippen LogP contribution is -2.28. The molecule has 126 valence electrons. The number of allylic oxidation sites excluding steroid dienone is 1. The zero-order valence-corrected chi connectivity index (χ0v) is 13.8. The van der Waals surface area contributed by atoms with Crippen LogP contribution in [0.1, 0.15) is 5.69 Å². The molecule has 1 aromatic carbocycles. The van der Waals surface area contributed by atoms with Gasteiger partial charge >= 0.3 is 0 Å². The van der Waals surface area contributed by atoms with Gasteiger partial charge in [-0.25, -0.2) is 9.98 Å². The number of amides is 3. The molecule has 0 fully saturated rings. The first-order chi connectivity index (χ1) is 12.1. The Morgan fingerprint density at radius 2 is 1.96 bits per heavy atom. The van der Waals surface area contributed by atoms with Crippen LogP contribution in [-0.4, -0.2) is 28.9 Å². The second kappa shape index (κ2) is 7.63. The van der Waals surface area contributed by atoms with Crippen LogP contribution >= 0.6 is 11.3 Å². The Labute approximate surface area is 147 Å². The van der Waals surface area contributed by atoms with E-state index < -0.39 is 17.7 Å². The van der Waals surface area contributed by atoms with Crippen LogP contribution in [0.2, 0.25) is 0 Å². The van der Waals surface area contributed by atoms with Crippen molar-refractivity contribution < 1.29 is 14.4 Å². The quantitative estimate of drug-likeness (QED) is 0.803. The van der Waals surface area contributed by atoms with Crippen molar-refractivity contribution >= 4 is 46.1 Å². The lowest BCUT2D eigenvalue weighted by atomic mass is 10.1. The van der Waals surface area contributed by atoms with Gasteiger partial charge in [-0.15, -0.1) is 11.3 Å². The van der Waals surface area contributed by atoms with Crippen LogP contribution in [0.5, 0.6) is 0 Å². The minimum absolute atomic E-state index is 0.0911. The third kappa shape index (κ3) is 4.45. The average Bonchev–Trinajstić information content (AvgIpc) is 3.02. The molecular formula is C17H14N4O3S. The number of thiazole rings is 1. The van der Waals surface area contributed by atoms with E-state index in [1.54, 1.807) is 23.6 Å². The van der Waals surface area contributed by atoms with E-state index in [1.807, 2.05) is 18.2 Å². The molecular weight excluding hydrogens is 340 g/mol. The number of anilines is 2. The fraction of sp³-hybridized carbons (Fsp3) is 0.118. The van der Waals surface area contributed by atoms with Crippen molar-refractivity contribution in [1.82, 2.24) is 4.98 Å². The third-order valence-corrected chi connectivity index (χ3v) is 4.13. The fourth-order valence-corrected chi connectivity index (χ4v) is 2.87. The van der Waals surface area contributed by atoms with Crippen LogP contribution in [0.25, 0.3) is 0 Å². The van der Waals surface area contributed by atoms with E-state index in [-0.39, 0.29) is 12.3 Å². The molecule has 0 spiro atoms. The maximum Gasteiger partial charge on any atom is 0.262 e. The molecule has 1 aliphatic rings. The van der Waals surface area contributed by atoms with Gasteiger partial charge in [0.2, 0.25) is 11.8 Å². The largest absolute Gasteiger partial charge is 0.326 e. The van der Waals surface area contributed by atoms with Crippen LogP contribution in [0.4, 0.5) is 10.8 Å². The second-order valence-electron chi connectivity index (χ2n) is 5.20. The molecule has 3 rings (SSSR count). The van der Waals surface area contributed by atoms with Gasteiger partial charge in [-0.1, -0.05) is 24.3 Å². The van der Waals surface area contributed by atoms with E-state index in [1.165, 1.54) is 23.6 Å². The maximum absolute atomic E-state index is 12.1. The molecule has 7 nitrogen and oxygen atoms in total. The summed E-state index contributed by atoms with van der Waals surface area (Å²) in [7, 11) is 0. The highest BCUT2D eigenvalue weighted by Gasteiger charge is 2.25. The zero-order chi connectivity index (χ0) is 17.6. The lowest BCUT2D eigenvalue weighted by molar-refractivity contribution is -0.128. The molecule has 8 heteroatoms. The molecule has 25 heavy (non-hydrogen) atoms. The normalized spacial score (nSPS) is 15.8. The number of hydrogen-bond donors (Lipinski definition) is 2. The van der Waals surface area contributed by atoms with Crippen LogP contribution in [0, 0.1) is 5.92 Å². The summed E-state index contributed by atoms with van der Waals surface area (Å²) >= 11 is 1.19. The summed E-state index contributed by atoms with van der Waals surface area (Å²) in [6, 6.07) is 9.11. The van der Waals surface area contributed by atoms with E-state index in [9.17, 15) is 14.4 Å². The zero-order valence-electron chi connectivity index (χ0n) is 13.0. The molecule has 0 aliphatic carbocycles. The molecule has 0 bridgehead atoms. The molecule has 2 aromatic rings. The number of benzene rings is 1. The first-order valence-corrected chi connectivity index (χ1v) is 8.34. The number of rotatable bonds is 5. The summed E-state index contributed by atoms with van der Waals surface area (Å²) in [6.45, 7) is 0. The fourth-order valence-electron chi connectivity index (χ4n) is 2.16. The van der Waals surface area contributed by atoms with Crippen molar-refractivity contribution in [3.05, 3.63) is 53.6 Å². The molecule has 1 unspecified atom stereocenters. The van der Waals surface area contributed by atoms with Crippen LogP contribution in [-0.2, 0) is 20.8 Å². The Bertz CT molecular complexity index is 858. The van der Waals surface area contributed by atoms with Gasteiger partial charge in [0.1, 0.15) is 5.92 Å². The molecule has 0 saturated heterocycles. The van der Waals surface area contributed by atoms with Crippen molar-refractivity contribution in [2.45, 2.75) is 6.42 Å². The van der Waals surface area contributed by atoms with Crippen molar-refractivity contribution in [1.29, 1.82) is 0 Å². The van der Waals surface area contributed by atoms with Gasteiger partial charge in [0.05, 0.1) is 12.1 Å². The van der Waals surface area contributed by atoms with Gasteiger partial charge in [-0.3, -0.25) is 14.4 Å². The Morgan fingerprint density at radius 3 is 2.72 bits per heavy atom. The number of carbonyl (C=O) groups excluding carboxylic acids is 3. The Hall–Kier alpha value is -3.13. The molecule has 1 aliphatic heterocycles. The first-order valence-electron chi connectivity index (χ1n) is 7.47. The standard InChI is InChI=1S/C17H14N4O3S/c22-14(19-11-5-2-1-3-6-11)9-12-10-25-17(20-12)21-16(24)13-7-4-8-18-15(13)23/h1-8,10,13H,9H2,(H,19,22)(H,20,21,24). The van der Waals surface area contributed by atoms with Crippen LogP contribution in [0.3, 0.4) is 0 Å². The van der Waals surface area contributed by atoms with Crippen LogP contribution < -0.4 is 10.6 Å². The Kier molecular flexibility index (Phi) is 5.10. The summed E-state index contributed by atoms with van der Waals surface area (Å²) in [4.78, 5) is 43.4. The average molecular weight is 354 g/mol. The first kappa shape index (κ1) is 16.7. The van der Waals surface area contributed by atoms with Gasteiger partial charge < -0.3 is 10.6 Å². The monoisotopic (exact) mass is 354 g/mol. The Morgan fingerprint density at radius 1 is 1.16 bits per heavy atom. The van der Waals surface area contributed by atoms with E-state index in [0.717, 1.165) is 0 Å². The molecule has 3 amide bonds. The second-order valence-corrected chi connectivity index (χ2v) is 6.06. The number of nitrogens with one attached hydrogen (secondary N) is 2. The van der Waals surface area contributed by atoms with Crippen molar-refractivity contribution in [2.24, 2.45) is 10.9 Å². The summed E-state index contributed by atoms with van der Waals surface area (Å²) in [6.07, 6.45) is 4.46. The maximum atomic E-state index is 12.1.